The highest BCUT2D eigenvalue weighted by atomic mass is 16.4. The molecule has 2 atom stereocenters. The zero-order chi connectivity index (χ0) is 11.7. The Labute approximate surface area is 89.6 Å². The smallest absolute Gasteiger partial charge is 0.275 e. The van der Waals surface area contributed by atoms with Gasteiger partial charge < -0.3 is 20.3 Å². The molecule has 2 heterocycles. The summed E-state index contributed by atoms with van der Waals surface area (Å²) >= 11 is 0. The van der Waals surface area contributed by atoms with E-state index >= 15 is 0 Å². The maximum absolute atomic E-state index is 11.3. The number of aromatic nitrogens is 3. The predicted molar refractivity (Wildman–Crippen MR) is 53.9 cm³/mol. The number of hydrogen-bond donors (Lipinski definition) is 4. The third-order valence-corrected chi connectivity index (χ3v) is 2.33. The van der Waals surface area contributed by atoms with Gasteiger partial charge in [-0.3, -0.25) is 4.79 Å². The van der Waals surface area contributed by atoms with Gasteiger partial charge >= 0.3 is 0 Å². The van der Waals surface area contributed by atoms with E-state index in [-0.39, 0.29) is 11.1 Å². The molecule has 2 rings (SSSR count). The van der Waals surface area contributed by atoms with Crippen LogP contribution in [0.2, 0.25) is 0 Å². The first-order valence-corrected chi connectivity index (χ1v) is 4.66. The SMILES string of the molecule is O=c1[nH]cnn2cc(C(O)C(O)CO)cc12. The Morgan fingerprint density at radius 2 is 2.25 bits per heavy atom. The summed E-state index contributed by atoms with van der Waals surface area (Å²) < 4.78 is 1.29. The number of aliphatic hydroxyl groups is 3. The summed E-state index contributed by atoms with van der Waals surface area (Å²) in [7, 11) is 0. The fraction of sp³-hybridized carbons (Fsp3) is 0.333. The van der Waals surface area contributed by atoms with E-state index in [2.05, 4.69) is 10.1 Å². The van der Waals surface area contributed by atoms with Crippen LogP contribution in [0.1, 0.15) is 11.7 Å². The third-order valence-electron chi connectivity index (χ3n) is 2.33. The maximum atomic E-state index is 11.3. The molecule has 2 aromatic rings. The van der Waals surface area contributed by atoms with Crippen molar-refractivity contribution in [3.8, 4) is 0 Å². The lowest BCUT2D eigenvalue weighted by Crippen LogP contribution is -2.21. The number of aromatic amines is 1. The molecule has 0 aromatic carbocycles. The number of hydrogen-bond acceptors (Lipinski definition) is 5. The number of nitrogens with one attached hydrogen (secondary N) is 1. The molecule has 7 nitrogen and oxygen atoms in total. The maximum Gasteiger partial charge on any atom is 0.275 e. The fourth-order valence-electron chi connectivity index (χ4n) is 1.44. The monoisotopic (exact) mass is 225 g/mol. The third kappa shape index (κ3) is 1.71. The second kappa shape index (κ2) is 4.05. The molecule has 7 heteroatoms. The van der Waals surface area contributed by atoms with Crippen molar-refractivity contribution in [1.82, 2.24) is 14.6 Å². The summed E-state index contributed by atoms with van der Waals surface area (Å²) in [6.07, 6.45) is 0.129. The molecule has 16 heavy (non-hydrogen) atoms. The van der Waals surface area contributed by atoms with E-state index in [4.69, 9.17) is 5.11 Å². The Balaban J connectivity index is 2.47. The Bertz CT molecular complexity index is 547. The van der Waals surface area contributed by atoms with Gasteiger partial charge in [0.25, 0.3) is 5.56 Å². The first-order valence-electron chi connectivity index (χ1n) is 4.66. The normalized spacial score (nSPS) is 15.2. The molecule has 0 aliphatic heterocycles. The number of rotatable bonds is 3. The minimum atomic E-state index is -1.28. The van der Waals surface area contributed by atoms with Crippen LogP contribution in [-0.4, -0.2) is 42.6 Å². The first-order chi connectivity index (χ1) is 7.63. The molecule has 2 unspecified atom stereocenters. The van der Waals surface area contributed by atoms with Gasteiger partial charge in [0.15, 0.2) is 0 Å². The van der Waals surface area contributed by atoms with Crippen molar-refractivity contribution in [3.63, 3.8) is 0 Å². The molecule has 0 saturated heterocycles. The van der Waals surface area contributed by atoms with E-state index < -0.39 is 18.8 Å². The number of H-pyrrole nitrogens is 1. The summed E-state index contributed by atoms with van der Waals surface area (Å²) in [4.78, 5) is 13.7. The Hall–Kier alpha value is -1.70. The van der Waals surface area contributed by atoms with Crippen LogP contribution in [0.4, 0.5) is 0 Å². The molecule has 86 valence electrons. The molecular formula is C9H11N3O4. The van der Waals surface area contributed by atoms with Crippen molar-refractivity contribution in [3.05, 3.63) is 34.5 Å². The first kappa shape index (κ1) is 10.8. The van der Waals surface area contributed by atoms with Crippen LogP contribution in [-0.2, 0) is 0 Å². The van der Waals surface area contributed by atoms with Crippen molar-refractivity contribution in [2.45, 2.75) is 12.2 Å². The molecule has 2 aromatic heterocycles. The van der Waals surface area contributed by atoms with E-state index in [1.165, 1.54) is 23.1 Å². The van der Waals surface area contributed by atoms with Gasteiger partial charge in [-0.2, -0.15) is 5.10 Å². The molecule has 0 bridgehead atoms. The zero-order valence-electron chi connectivity index (χ0n) is 8.24. The molecule has 0 saturated carbocycles. The molecule has 0 radical (unpaired) electrons. The highest BCUT2D eigenvalue weighted by Gasteiger charge is 2.19. The summed E-state index contributed by atoms with van der Waals surface area (Å²) in [5, 5.41) is 31.4. The van der Waals surface area contributed by atoms with Crippen LogP contribution >= 0.6 is 0 Å². The lowest BCUT2D eigenvalue weighted by atomic mass is 10.1. The molecule has 0 aliphatic carbocycles. The van der Waals surface area contributed by atoms with Gasteiger partial charge in [0, 0.05) is 11.8 Å². The second-order valence-electron chi connectivity index (χ2n) is 3.42. The minimum absolute atomic E-state index is 0.265. The zero-order valence-corrected chi connectivity index (χ0v) is 8.24. The van der Waals surface area contributed by atoms with Crippen LogP contribution in [0.5, 0.6) is 0 Å². The van der Waals surface area contributed by atoms with Crippen molar-refractivity contribution in [1.29, 1.82) is 0 Å². The van der Waals surface area contributed by atoms with Crippen LogP contribution < -0.4 is 5.56 Å². The highest BCUT2D eigenvalue weighted by molar-refractivity contribution is 5.47. The Kier molecular flexibility index (Phi) is 2.73. The van der Waals surface area contributed by atoms with Gasteiger partial charge in [0.05, 0.1) is 6.61 Å². The summed E-state index contributed by atoms with van der Waals surface area (Å²) in [5.74, 6) is 0. The standard InChI is InChI=1S/C9H11N3O4/c13-3-7(14)8(15)5-1-6-9(16)10-4-11-12(6)2-5/h1-2,4,7-8,13-15H,3H2,(H,10,11,16). The average molecular weight is 225 g/mol. The van der Waals surface area contributed by atoms with Crippen LogP contribution in [0, 0.1) is 0 Å². The molecule has 0 aliphatic rings. The van der Waals surface area contributed by atoms with E-state index in [0.717, 1.165) is 0 Å². The Morgan fingerprint density at radius 3 is 2.88 bits per heavy atom. The summed E-state index contributed by atoms with van der Waals surface area (Å²) in [6, 6.07) is 1.41. The fourth-order valence-corrected chi connectivity index (χ4v) is 1.44. The predicted octanol–water partition coefficient (Wildman–Crippen LogP) is -1.59. The van der Waals surface area contributed by atoms with Gasteiger partial charge in [-0.1, -0.05) is 0 Å². The second-order valence-corrected chi connectivity index (χ2v) is 3.42. The van der Waals surface area contributed by atoms with Crippen LogP contribution in [0.3, 0.4) is 0 Å². The molecule has 0 fully saturated rings. The Morgan fingerprint density at radius 1 is 1.50 bits per heavy atom. The van der Waals surface area contributed by atoms with Crippen LogP contribution in [0.25, 0.3) is 5.52 Å². The highest BCUT2D eigenvalue weighted by Crippen LogP contribution is 2.18. The minimum Gasteiger partial charge on any atom is -0.394 e. The van der Waals surface area contributed by atoms with E-state index in [1.807, 2.05) is 0 Å². The quantitative estimate of drug-likeness (QED) is 0.503. The summed E-state index contributed by atoms with van der Waals surface area (Å²) in [5.41, 5.74) is 0.249. The van der Waals surface area contributed by atoms with E-state index in [0.29, 0.717) is 5.56 Å². The molecule has 4 N–H and O–H groups in total. The van der Waals surface area contributed by atoms with Gasteiger partial charge in [0.1, 0.15) is 24.1 Å². The number of nitrogens with zero attached hydrogens (tertiary/aromatic N) is 2. The van der Waals surface area contributed by atoms with Gasteiger partial charge in [0.2, 0.25) is 0 Å². The van der Waals surface area contributed by atoms with Crippen LogP contribution in [0.15, 0.2) is 23.4 Å². The van der Waals surface area contributed by atoms with Gasteiger partial charge in [-0.05, 0) is 6.07 Å². The molecular weight excluding hydrogens is 214 g/mol. The number of fused-ring (bicyclic) bond motifs is 1. The largest absolute Gasteiger partial charge is 0.394 e. The lowest BCUT2D eigenvalue weighted by Gasteiger charge is -2.13. The molecule has 0 amide bonds. The average Bonchev–Trinajstić information content (AvgIpc) is 2.72. The van der Waals surface area contributed by atoms with Crippen molar-refractivity contribution < 1.29 is 15.3 Å². The molecule has 0 spiro atoms. The van der Waals surface area contributed by atoms with Crippen molar-refractivity contribution in [2.24, 2.45) is 0 Å². The lowest BCUT2D eigenvalue weighted by molar-refractivity contribution is -0.0152. The van der Waals surface area contributed by atoms with E-state index in [1.54, 1.807) is 0 Å². The van der Waals surface area contributed by atoms with E-state index in [9.17, 15) is 15.0 Å². The van der Waals surface area contributed by atoms with Gasteiger partial charge in [-0.15, -0.1) is 0 Å². The van der Waals surface area contributed by atoms with Gasteiger partial charge in [-0.25, -0.2) is 4.52 Å². The summed E-state index contributed by atoms with van der Waals surface area (Å²) in [6.45, 7) is -0.558. The number of aliphatic hydroxyl groups excluding tert-OH is 3. The van der Waals surface area contributed by atoms with Crippen molar-refractivity contribution in [2.75, 3.05) is 6.61 Å². The van der Waals surface area contributed by atoms with Crippen molar-refractivity contribution >= 4 is 5.52 Å². The topological polar surface area (TPSA) is 111 Å².